The van der Waals surface area contributed by atoms with Crippen molar-refractivity contribution in [3.8, 4) is 11.5 Å². The van der Waals surface area contributed by atoms with Crippen molar-refractivity contribution in [2.24, 2.45) is 0 Å². The Kier molecular flexibility index (Phi) is 5.43. The molecule has 2 rings (SSSR count). The van der Waals surface area contributed by atoms with E-state index in [1.807, 2.05) is 24.3 Å². The van der Waals surface area contributed by atoms with E-state index in [1.54, 1.807) is 13.2 Å². The minimum atomic E-state index is -0.352. The molecule has 0 spiro atoms. The summed E-state index contributed by atoms with van der Waals surface area (Å²) < 4.78 is 25.4. The highest BCUT2D eigenvalue weighted by molar-refractivity contribution is 9.10. The summed E-state index contributed by atoms with van der Waals surface area (Å²) in [6.45, 7) is 0.295. The molecular formula is C15H13Br2FO2. The Bertz CT molecular complexity index is 602. The molecule has 0 aliphatic carbocycles. The lowest BCUT2D eigenvalue weighted by Crippen LogP contribution is -2.00. The lowest BCUT2D eigenvalue weighted by Gasteiger charge is -2.12. The number of rotatable bonds is 5. The Hall–Kier alpha value is -1.07. The van der Waals surface area contributed by atoms with Gasteiger partial charge in [0.15, 0.2) is 11.6 Å². The zero-order valence-electron chi connectivity index (χ0n) is 10.8. The molecule has 0 fully saturated rings. The van der Waals surface area contributed by atoms with Crippen LogP contribution in [-0.4, -0.2) is 7.11 Å². The summed E-state index contributed by atoms with van der Waals surface area (Å²) in [5, 5.41) is 0.548. The standard InChI is InChI=1S/C15H13Br2FO2/c1-19-14-6-5-10(7-12(14)17)9-20-15-11(8-16)3-2-4-13(15)18/h2-7H,8-9H2,1H3. The molecule has 0 aromatic heterocycles. The van der Waals surface area contributed by atoms with Gasteiger partial charge < -0.3 is 9.47 Å². The van der Waals surface area contributed by atoms with Crippen molar-refractivity contribution < 1.29 is 13.9 Å². The first kappa shape index (κ1) is 15.3. The van der Waals surface area contributed by atoms with Gasteiger partial charge in [0.05, 0.1) is 11.6 Å². The molecule has 0 bridgehead atoms. The van der Waals surface area contributed by atoms with Crippen LogP contribution in [0.25, 0.3) is 0 Å². The van der Waals surface area contributed by atoms with Crippen molar-refractivity contribution in [2.75, 3.05) is 7.11 Å². The van der Waals surface area contributed by atoms with Gasteiger partial charge in [0.2, 0.25) is 0 Å². The Morgan fingerprint density at radius 3 is 2.65 bits per heavy atom. The predicted molar refractivity (Wildman–Crippen MR) is 84.1 cm³/mol. The first-order chi connectivity index (χ1) is 9.65. The van der Waals surface area contributed by atoms with E-state index >= 15 is 0 Å². The van der Waals surface area contributed by atoms with Crippen molar-refractivity contribution in [3.05, 3.63) is 57.8 Å². The monoisotopic (exact) mass is 402 g/mol. The highest BCUT2D eigenvalue weighted by Crippen LogP contribution is 2.28. The molecule has 0 radical (unpaired) electrons. The number of hydrogen-bond donors (Lipinski definition) is 0. The van der Waals surface area contributed by atoms with Gasteiger partial charge in [0.1, 0.15) is 12.4 Å². The van der Waals surface area contributed by atoms with E-state index in [9.17, 15) is 4.39 Å². The first-order valence-corrected chi connectivity index (χ1v) is 7.85. The van der Waals surface area contributed by atoms with E-state index in [0.717, 1.165) is 21.3 Å². The lowest BCUT2D eigenvalue weighted by molar-refractivity contribution is 0.287. The smallest absolute Gasteiger partial charge is 0.165 e. The van der Waals surface area contributed by atoms with Crippen LogP contribution in [-0.2, 0) is 11.9 Å². The van der Waals surface area contributed by atoms with Gasteiger partial charge >= 0.3 is 0 Å². The highest BCUT2D eigenvalue weighted by atomic mass is 79.9. The van der Waals surface area contributed by atoms with E-state index < -0.39 is 0 Å². The third-order valence-electron chi connectivity index (χ3n) is 2.79. The second-order valence-corrected chi connectivity index (χ2v) is 5.53. The molecule has 0 N–H and O–H groups in total. The first-order valence-electron chi connectivity index (χ1n) is 5.94. The molecule has 2 nitrogen and oxygen atoms in total. The van der Waals surface area contributed by atoms with Crippen LogP contribution in [0.15, 0.2) is 40.9 Å². The molecule has 0 aliphatic heterocycles. The number of benzene rings is 2. The SMILES string of the molecule is COc1ccc(COc2c(F)cccc2CBr)cc1Br. The minimum Gasteiger partial charge on any atom is -0.496 e. The average molecular weight is 404 g/mol. The minimum absolute atomic E-state index is 0.288. The summed E-state index contributed by atoms with van der Waals surface area (Å²) >= 11 is 6.74. The van der Waals surface area contributed by atoms with Gasteiger partial charge in [-0.2, -0.15) is 0 Å². The summed E-state index contributed by atoms with van der Waals surface area (Å²) in [7, 11) is 1.61. The molecule has 0 heterocycles. The molecule has 0 aliphatic rings. The second kappa shape index (κ2) is 7.09. The van der Waals surface area contributed by atoms with Crippen LogP contribution < -0.4 is 9.47 Å². The molecule has 5 heteroatoms. The topological polar surface area (TPSA) is 18.5 Å². The third kappa shape index (κ3) is 3.52. The number of hydrogen-bond acceptors (Lipinski definition) is 2. The average Bonchev–Trinajstić information content (AvgIpc) is 2.46. The van der Waals surface area contributed by atoms with Gasteiger partial charge in [0.25, 0.3) is 0 Å². The molecule has 2 aromatic carbocycles. The molecule has 20 heavy (non-hydrogen) atoms. The van der Waals surface area contributed by atoms with Crippen LogP contribution >= 0.6 is 31.9 Å². The molecule has 106 valence electrons. The lowest BCUT2D eigenvalue weighted by atomic mass is 10.2. The van der Waals surface area contributed by atoms with E-state index in [-0.39, 0.29) is 11.6 Å². The van der Waals surface area contributed by atoms with Crippen LogP contribution in [0.2, 0.25) is 0 Å². The van der Waals surface area contributed by atoms with Crippen LogP contribution in [0.5, 0.6) is 11.5 Å². The molecule has 0 atom stereocenters. The summed E-state index contributed by atoms with van der Waals surface area (Å²) in [5.41, 5.74) is 1.72. The molecule has 0 saturated heterocycles. The van der Waals surface area contributed by atoms with Crippen LogP contribution in [0.3, 0.4) is 0 Å². The largest absolute Gasteiger partial charge is 0.496 e. The zero-order chi connectivity index (χ0) is 14.5. The Labute approximate surface area is 134 Å². The highest BCUT2D eigenvalue weighted by Gasteiger charge is 2.09. The summed E-state index contributed by atoms with van der Waals surface area (Å²) in [5.74, 6) is 0.687. The fraction of sp³-hybridized carbons (Fsp3) is 0.200. The van der Waals surface area contributed by atoms with E-state index in [2.05, 4.69) is 31.9 Å². The quantitative estimate of drug-likeness (QED) is 0.648. The maximum Gasteiger partial charge on any atom is 0.165 e. The van der Waals surface area contributed by atoms with Crippen LogP contribution in [0.4, 0.5) is 4.39 Å². The van der Waals surface area contributed by atoms with E-state index in [0.29, 0.717) is 11.9 Å². The number of methoxy groups -OCH3 is 1. The van der Waals surface area contributed by atoms with Gasteiger partial charge in [-0.3, -0.25) is 0 Å². The Morgan fingerprint density at radius 2 is 2.00 bits per heavy atom. The van der Waals surface area contributed by atoms with Gasteiger partial charge in [-0.25, -0.2) is 4.39 Å². The summed E-state index contributed by atoms with van der Waals surface area (Å²) in [4.78, 5) is 0. The van der Waals surface area contributed by atoms with Crippen molar-refractivity contribution in [2.45, 2.75) is 11.9 Å². The normalized spacial score (nSPS) is 10.4. The maximum atomic E-state index is 13.8. The van der Waals surface area contributed by atoms with Gasteiger partial charge in [-0.15, -0.1) is 0 Å². The number of halogens is 3. The summed E-state index contributed by atoms with van der Waals surface area (Å²) in [6, 6.07) is 10.5. The number of para-hydroxylation sites is 1. The van der Waals surface area contributed by atoms with E-state index in [4.69, 9.17) is 9.47 Å². The van der Waals surface area contributed by atoms with Gasteiger partial charge in [-0.1, -0.05) is 34.1 Å². The van der Waals surface area contributed by atoms with Crippen molar-refractivity contribution >= 4 is 31.9 Å². The Balaban J connectivity index is 2.15. The molecule has 0 unspecified atom stereocenters. The number of ether oxygens (including phenoxy) is 2. The molecule has 0 amide bonds. The Morgan fingerprint density at radius 1 is 1.20 bits per heavy atom. The maximum absolute atomic E-state index is 13.8. The van der Waals surface area contributed by atoms with Crippen molar-refractivity contribution in [1.82, 2.24) is 0 Å². The summed E-state index contributed by atoms with van der Waals surface area (Å²) in [6.07, 6.45) is 0. The molecule has 2 aromatic rings. The van der Waals surface area contributed by atoms with Gasteiger partial charge in [-0.05, 0) is 39.7 Å². The molecule has 0 saturated carbocycles. The predicted octanol–water partition coefficient (Wildman–Crippen LogP) is 5.07. The molecular weight excluding hydrogens is 391 g/mol. The van der Waals surface area contributed by atoms with Crippen LogP contribution in [0, 0.1) is 5.82 Å². The van der Waals surface area contributed by atoms with Crippen LogP contribution in [0.1, 0.15) is 11.1 Å². The fourth-order valence-corrected chi connectivity index (χ4v) is 2.81. The zero-order valence-corrected chi connectivity index (χ0v) is 14.0. The second-order valence-electron chi connectivity index (χ2n) is 4.12. The van der Waals surface area contributed by atoms with Gasteiger partial charge in [0, 0.05) is 10.9 Å². The fourth-order valence-electron chi connectivity index (χ4n) is 1.78. The van der Waals surface area contributed by atoms with Crippen molar-refractivity contribution in [1.29, 1.82) is 0 Å². The third-order valence-corrected chi connectivity index (χ3v) is 4.02. The van der Waals surface area contributed by atoms with Crippen molar-refractivity contribution in [3.63, 3.8) is 0 Å². The number of alkyl halides is 1. The van der Waals surface area contributed by atoms with E-state index in [1.165, 1.54) is 6.07 Å².